The van der Waals surface area contributed by atoms with Crippen LogP contribution in [0.15, 0.2) is 27.1 Å². The molecule has 0 bridgehead atoms. The van der Waals surface area contributed by atoms with E-state index in [1.165, 1.54) is 18.2 Å². The number of hydrogen-bond acceptors (Lipinski definition) is 2. The summed E-state index contributed by atoms with van der Waals surface area (Å²) in [7, 11) is 1.79. The van der Waals surface area contributed by atoms with Crippen LogP contribution in [0.5, 0.6) is 0 Å². The lowest BCUT2D eigenvalue weighted by atomic mass is 10.1. The third-order valence-corrected chi connectivity index (χ3v) is 4.47. The second-order valence-electron chi connectivity index (χ2n) is 4.20. The number of carbonyl (C=O) groups is 1. The fourth-order valence-electron chi connectivity index (χ4n) is 1.80. The van der Waals surface area contributed by atoms with Crippen molar-refractivity contribution in [1.29, 1.82) is 0 Å². The van der Waals surface area contributed by atoms with Gasteiger partial charge in [-0.3, -0.25) is 9.48 Å². The molecule has 0 radical (unpaired) electrons. The van der Waals surface area contributed by atoms with Crippen LogP contribution in [-0.2, 0) is 13.5 Å². The second kappa shape index (κ2) is 5.54. The van der Waals surface area contributed by atoms with E-state index in [0.717, 1.165) is 15.9 Å². The van der Waals surface area contributed by atoms with E-state index in [1.807, 2.05) is 6.92 Å². The summed E-state index contributed by atoms with van der Waals surface area (Å²) < 4.78 is 15.9. The van der Waals surface area contributed by atoms with E-state index in [9.17, 15) is 9.18 Å². The lowest BCUT2D eigenvalue weighted by Gasteiger charge is -2.04. The van der Waals surface area contributed by atoms with Crippen LogP contribution in [0, 0.1) is 12.7 Å². The molecule has 2 rings (SSSR count). The molecule has 0 aliphatic heterocycles. The number of rotatable bonds is 3. The van der Waals surface area contributed by atoms with E-state index in [4.69, 9.17) is 0 Å². The molecule has 0 unspecified atom stereocenters. The van der Waals surface area contributed by atoms with Crippen molar-refractivity contribution < 1.29 is 9.18 Å². The molecular weight excluding hydrogens is 379 g/mol. The zero-order chi connectivity index (χ0) is 14.2. The largest absolute Gasteiger partial charge is 0.294 e. The zero-order valence-electron chi connectivity index (χ0n) is 10.4. The highest BCUT2D eigenvalue weighted by atomic mass is 79.9. The summed E-state index contributed by atoms with van der Waals surface area (Å²) in [5.74, 6) is -0.460. The highest BCUT2D eigenvalue weighted by Crippen LogP contribution is 2.23. The maximum absolute atomic E-state index is 13.1. The van der Waals surface area contributed by atoms with E-state index in [2.05, 4.69) is 37.0 Å². The van der Waals surface area contributed by atoms with Crippen molar-refractivity contribution in [2.75, 3.05) is 0 Å². The first-order valence-electron chi connectivity index (χ1n) is 5.56. The van der Waals surface area contributed by atoms with Crippen molar-refractivity contribution in [3.63, 3.8) is 0 Å². The third-order valence-electron chi connectivity index (χ3n) is 2.83. The summed E-state index contributed by atoms with van der Waals surface area (Å²) in [5, 5.41) is 4.24. The molecule has 0 saturated carbocycles. The number of ketones is 1. The van der Waals surface area contributed by atoms with Crippen LogP contribution in [0.4, 0.5) is 4.39 Å². The normalized spacial score (nSPS) is 10.8. The molecule has 0 spiro atoms. The number of halogens is 3. The van der Waals surface area contributed by atoms with Gasteiger partial charge in [0, 0.05) is 12.6 Å². The van der Waals surface area contributed by atoms with Crippen molar-refractivity contribution in [2.24, 2.45) is 7.05 Å². The van der Waals surface area contributed by atoms with Crippen LogP contribution in [-0.4, -0.2) is 15.6 Å². The van der Waals surface area contributed by atoms with Crippen molar-refractivity contribution >= 4 is 37.6 Å². The van der Waals surface area contributed by atoms with Gasteiger partial charge in [0.1, 0.15) is 5.82 Å². The fourth-order valence-corrected chi connectivity index (χ4v) is 2.65. The van der Waals surface area contributed by atoms with Gasteiger partial charge in [-0.25, -0.2) is 4.39 Å². The summed E-state index contributed by atoms with van der Waals surface area (Å²) in [5.41, 5.74) is 2.12. The Morgan fingerprint density at radius 3 is 2.63 bits per heavy atom. The summed E-state index contributed by atoms with van der Waals surface area (Å²) in [6.07, 6.45) is 0.218. The van der Waals surface area contributed by atoms with Crippen LogP contribution >= 0.6 is 31.9 Å². The second-order valence-corrected chi connectivity index (χ2v) is 5.85. The van der Waals surface area contributed by atoms with E-state index < -0.39 is 0 Å². The molecule has 6 heteroatoms. The lowest BCUT2D eigenvalue weighted by molar-refractivity contribution is 0.0990. The SMILES string of the molecule is Cc1nn(C)c(CC(=O)c2ccc(F)c(Br)c2)c1Br. The summed E-state index contributed by atoms with van der Waals surface area (Å²) >= 11 is 6.50. The average Bonchev–Trinajstić information content (AvgIpc) is 2.59. The molecular formula is C13H11Br2FN2O. The average molecular weight is 390 g/mol. The highest BCUT2D eigenvalue weighted by molar-refractivity contribution is 9.10. The van der Waals surface area contributed by atoms with E-state index in [-0.39, 0.29) is 18.0 Å². The Kier molecular flexibility index (Phi) is 4.20. The Morgan fingerprint density at radius 2 is 2.11 bits per heavy atom. The van der Waals surface area contributed by atoms with Gasteiger partial charge in [0.25, 0.3) is 0 Å². The minimum absolute atomic E-state index is 0.0793. The van der Waals surface area contributed by atoms with Gasteiger partial charge in [-0.2, -0.15) is 5.10 Å². The molecule has 0 aliphatic rings. The Labute approximate surface area is 127 Å². The van der Waals surface area contributed by atoms with Crippen molar-refractivity contribution in [2.45, 2.75) is 13.3 Å². The fraction of sp³-hybridized carbons (Fsp3) is 0.231. The molecule has 3 nitrogen and oxygen atoms in total. The monoisotopic (exact) mass is 388 g/mol. The Morgan fingerprint density at radius 1 is 1.42 bits per heavy atom. The minimum Gasteiger partial charge on any atom is -0.294 e. The molecule has 2 aromatic rings. The van der Waals surface area contributed by atoms with Gasteiger partial charge in [0.15, 0.2) is 5.78 Å². The van der Waals surface area contributed by atoms with Gasteiger partial charge in [-0.1, -0.05) is 0 Å². The number of Topliss-reactive ketones (excluding diaryl/α,β-unsaturated/α-hetero) is 1. The molecule has 0 aliphatic carbocycles. The maximum Gasteiger partial charge on any atom is 0.168 e. The molecule has 19 heavy (non-hydrogen) atoms. The summed E-state index contributed by atoms with van der Waals surface area (Å²) in [6.45, 7) is 1.87. The van der Waals surface area contributed by atoms with Crippen LogP contribution < -0.4 is 0 Å². The number of nitrogens with zero attached hydrogens (tertiary/aromatic N) is 2. The van der Waals surface area contributed by atoms with E-state index in [1.54, 1.807) is 11.7 Å². The van der Waals surface area contributed by atoms with Gasteiger partial charge in [0.05, 0.1) is 26.8 Å². The Balaban J connectivity index is 2.28. The van der Waals surface area contributed by atoms with E-state index in [0.29, 0.717) is 10.0 Å². The van der Waals surface area contributed by atoms with Gasteiger partial charge in [-0.05, 0) is 57.0 Å². The maximum atomic E-state index is 13.1. The van der Waals surface area contributed by atoms with E-state index >= 15 is 0 Å². The van der Waals surface area contributed by atoms with Gasteiger partial charge < -0.3 is 0 Å². The molecule has 1 aromatic carbocycles. The first-order valence-corrected chi connectivity index (χ1v) is 7.15. The topological polar surface area (TPSA) is 34.9 Å². The first kappa shape index (κ1) is 14.4. The number of carbonyl (C=O) groups excluding carboxylic acids is 1. The number of aromatic nitrogens is 2. The molecule has 0 atom stereocenters. The number of hydrogen-bond donors (Lipinski definition) is 0. The Hall–Kier alpha value is -1.01. The van der Waals surface area contributed by atoms with Crippen molar-refractivity contribution in [3.05, 3.63) is 49.9 Å². The lowest BCUT2D eigenvalue weighted by Crippen LogP contribution is -2.08. The zero-order valence-corrected chi connectivity index (χ0v) is 13.5. The van der Waals surface area contributed by atoms with Crippen LogP contribution in [0.1, 0.15) is 21.7 Å². The van der Waals surface area contributed by atoms with Gasteiger partial charge in [0.2, 0.25) is 0 Å². The molecule has 1 heterocycles. The quantitative estimate of drug-likeness (QED) is 0.748. The molecule has 0 amide bonds. The third kappa shape index (κ3) is 2.95. The van der Waals surface area contributed by atoms with Crippen LogP contribution in [0.2, 0.25) is 0 Å². The smallest absolute Gasteiger partial charge is 0.168 e. The van der Waals surface area contributed by atoms with Gasteiger partial charge in [-0.15, -0.1) is 0 Å². The highest BCUT2D eigenvalue weighted by Gasteiger charge is 2.16. The molecule has 1 aromatic heterocycles. The van der Waals surface area contributed by atoms with Crippen molar-refractivity contribution in [3.8, 4) is 0 Å². The number of aryl methyl sites for hydroxylation is 2. The molecule has 0 N–H and O–H groups in total. The van der Waals surface area contributed by atoms with Crippen LogP contribution in [0.25, 0.3) is 0 Å². The standard InChI is InChI=1S/C13H11Br2FN2O/c1-7-13(15)11(18(2)17-7)6-12(19)8-3-4-10(16)9(14)5-8/h3-5H,6H2,1-2H3. The van der Waals surface area contributed by atoms with Gasteiger partial charge >= 0.3 is 0 Å². The number of benzene rings is 1. The molecule has 0 fully saturated rings. The first-order chi connectivity index (χ1) is 8.90. The summed E-state index contributed by atoms with van der Waals surface area (Å²) in [4.78, 5) is 12.2. The van der Waals surface area contributed by atoms with Crippen molar-refractivity contribution in [1.82, 2.24) is 9.78 Å². The predicted molar refractivity (Wildman–Crippen MR) is 77.8 cm³/mol. The molecule has 0 saturated heterocycles. The minimum atomic E-state index is -0.380. The molecule has 100 valence electrons. The predicted octanol–water partition coefficient (Wildman–Crippen LogP) is 3.82. The Bertz CT molecular complexity index is 652. The van der Waals surface area contributed by atoms with Crippen LogP contribution in [0.3, 0.4) is 0 Å². The summed E-state index contributed by atoms with van der Waals surface area (Å²) in [6, 6.07) is 4.26.